The summed E-state index contributed by atoms with van der Waals surface area (Å²) >= 11 is 0. The highest BCUT2D eigenvalue weighted by Crippen LogP contribution is 2.09. The third-order valence-electron chi connectivity index (χ3n) is 3.73. The fourth-order valence-electron chi connectivity index (χ4n) is 2.44. The maximum Gasteiger partial charge on any atom is 0.318 e. The lowest BCUT2D eigenvalue weighted by molar-refractivity contribution is -0.127. The second-order valence-corrected chi connectivity index (χ2v) is 5.43. The van der Waals surface area contributed by atoms with Gasteiger partial charge in [-0.1, -0.05) is 24.3 Å². The lowest BCUT2D eigenvalue weighted by atomic mass is 10.1. The zero-order valence-corrected chi connectivity index (χ0v) is 13.0. The van der Waals surface area contributed by atoms with Crippen molar-refractivity contribution in [1.82, 2.24) is 15.5 Å². The molecule has 1 aliphatic rings. The molecule has 0 atom stereocenters. The molecule has 1 aromatic carbocycles. The van der Waals surface area contributed by atoms with Crippen LogP contribution in [0.1, 0.15) is 30.4 Å². The maximum absolute atomic E-state index is 11.6. The molecule has 0 saturated carbocycles. The first-order valence-electron chi connectivity index (χ1n) is 7.71. The van der Waals surface area contributed by atoms with Gasteiger partial charge in [0.2, 0.25) is 5.91 Å². The molecule has 0 bridgehead atoms. The second kappa shape index (κ2) is 8.22. The number of nitrogens with zero attached hydrogens (tertiary/aromatic N) is 1. The predicted molar refractivity (Wildman–Crippen MR) is 87.2 cm³/mol. The van der Waals surface area contributed by atoms with E-state index in [1.165, 1.54) is 0 Å². The summed E-state index contributed by atoms with van der Waals surface area (Å²) in [7, 11) is 0. The van der Waals surface area contributed by atoms with Gasteiger partial charge in [0.15, 0.2) is 0 Å². The van der Waals surface area contributed by atoms with Crippen LogP contribution in [0.25, 0.3) is 6.08 Å². The Labute approximate surface area is 131 Å². The summed E-state index contributed by atoms with van der Waals surface area (Å²) in [4.78, 5) is 24.9. The number of hydrogen-bond donors (Lipinski definition) is 2. The van der Waals surface area contributed by atoms with E-state index in [1.54, 1.807) is 6.20 Å². The molecule has 3 amide bonds. The van der Waals surface area contributed by atoms with Crippen LogP contribution in [0, 0.1) is 6.92 Å². The summed E-state index contributed by atoms with van der Waals surface area (Å²) in [5, 5.41) is 5.47. The molecule has 5 heteroatoms. The molecule has 2 N–H and O–H groups in total. The third kappa shape index (κ3) is 4.91. The van der Waals surface area contributed by atoms with E-state index in [4.69, 9.17) is 0 Å². The van der Waals surface area contributed by atoms with Crippen molar-refractivity contribution in [3.8, 4) is 0 Å². The molecule has 0 aliphatic carbocycles. The van der Waals surface area contributed by atoms with Crippen molar-refractivity contribution in [2.45, 2.75) is 26.2 Å². The normalized spacial score (nSPS) is 14.6. The van der Waals surface area contributed by atoms with Crippen molar-refractivity contribution < 1.29 is 9.59 Å². The van der Waals surface area contributed by atoms with Crippen molar-refractivity contribution in [1.29, 1.82) is 0 Å². The summed E-state index contributed by atoms with van der Waals surface area (Å²) in [5.41, 5.74) is 2.24. The largest absolute Gasteiger partial charge is 0.343 e. The molecule has 0 aromatic heterocycles. The summed E-state index contributed by atoms with van der Waals surface area (Å²) in [6.45, 7) is 4.16. The summed E-state index contributed by atoms with van der Waals surface area (Å²) in [5.74, 6) is 0.227. The van der Waals surface area contributed by atoms with Crippen LogP contribution in [0.4, 0.5) is 4.79 Å². The number of nitrogens with one attached hydrogen (secondary N) is 2. The minimum Gasteiger partial charge on any atom is -0.343 e. The second-order valence-electron chi connectivity index (χ2n) is 5.43. The van der Waals surface area contributed by atoms with Crippen LogP contribution in [0.15, 0.2) is 30.5 Å². The Bertz CT molecular complexity index is 555. The zero-order valence-electron chi connectivity index (χ0n) is 13.0. The highest BCUT2D eigenvalue weighted by Gasteiger charge is 2.18. The lowest BCUT2D eigenvalue weighted by Gasteiger charge is -2.15. The molecular weight excluding hydrogens is 278 g/mol. The molecule has 118 valence electrons. The van der Waals surface area contributed by atoms with Gasteiger partial charge in [0, 0.05) is 32.3 Å². The highest BCUT2D eigenvalue weighted by molar-refractivity contribution is 5.78. The van der Waals surface area contributed by atoms with Crippen LogP contribution < -0.4 is 10.6 Å². The molecule has 2 rings (SSSR count). The SMILES string of the molecule is Cc1ccccc1/C=C/NC(=O)NCCCN1CCCC1=O. The number of urea groups is 1. The number of likely N-dealkylation sites (tertiary alicyclic amines) is 1. The molecule has 1 aromatic rings. The van der Waals surface area contributed by atoms with E-state index < -0.39 is 0 Å². The van der Waals surface area contributed by atoms with Gasteiger partial charge in [0.1, 0.15) is 0 Å². The monoisotopic (exact) mass is 301 g/mol. The van der Waals surface area contributed by atoms with E-state index in [2.05, 4.69) is 10.6 Å². The summed E-state index contributed by atoms with van der Waals surface area (Å²) < 4.78 is 0. The summed E-state index contributed by atoms with van der Waals surface area (Å²) in [6, 6.07) is 7.75. The molecule has 0 unspecified atom stereocenters. The van der Waals surface area contributed by atoms with Gasteiger partial charge in [-0.3, -0.25) is 4.79 Å². The first-order valence-corrected chi connectivity index (χ1v) is 7.71. The molecule has 1 saturated heterocycles. The van der Waals surface area contributed by atoms with Crippen molar-refractivity contribution in [3.05, 3.63) is 41.6 Å². The van der Waals surface area contributed by atoms with E-state index in [1.807, 2.05) is 42.2 Å². The maximum atomic E-state index is 11.6. The average Bonchev–Trinajstić information content (AvgIpc) is 2.91. The van der Waals surface area contributed by atoms with Crippen LogP contribution in [0.3, 0.4) is 0 Å². The number of hydrogen-bond acceptors (Lipinski definition) is 2. The van der Waals surface area contributed by atoms with Gasteiger partial charge in [0.05, 0.1) is 0 Å². The van der Waals surface area contributed by atoms with Crippen molar-refractivity contribution in [3.63, 3.8) is 0 Å². The van der Waals surface area contributed by atoms with E-state index in [0.717, 1.165) is 37.1 Å². The number of benzene rings is 1. The number of aryl methyl sites for hydroxylation is 1. The minimum atomic E-state index is -0.224. The lowest BCUT2D eigenvalue weighted by Crippen LogP contribution is -2.35. The molecule has 0 spiro atoms. The van der Waals surface area contributed by atoms with Gasteiger partial charge in [-0.25, -0.2) is 4.79 Å². The fourth-order valence-corrected chi connectivity index (χ4v) is 2.44. The molecule has 1 heterocycles. The van der Waals surface area contributed by atoms with Crippen LogP contribution in [-0.4, -0.2) is 36.5 Å². The Morgan fingerprint density at radius 1 is 1.36 bits per heavy atom. The van der Waals surface area contributed by atoms with Crippen LogP contribution >= 0.6 is 0 Å². The van der Waals surface area contributed by atoms with Gasteiger partial charge in [0.25, 0.3) is 0 Å². The van der Waals surface area contributed by atoms with Crippen molar-refractivity contribution in [2.75, 3.05) is 19.6 Å². The van der Waals surface area contributed by atoms with Crippen LogP contribution in [0.2, 0.25) is 0 Å². The highest BCUT2D eigenvalue weighted by atomic mass is 16.2. The quantitative estimate of drug-likeness (QED) is 0.792. The number of carbonyl (C=O) groups is 2. The van der Waals surface area contributed by atoms with Gasteiger partial charge in [-0.15, -0.1) is 0 Å². The number of rotatable bonds is 6. The first kappa shape index (κ1) is 16.1. The minimum absolute atomic E-state index is 0.224. The molecular formula is C17H23N3O2. The van der Waals surface area contributed by atoms with E-state index in [-0.39, 0.29) is 11.9 Å². The van der Waals surface area contributed by atoms with Gasteiger partial charge in [-0.05, 0) is 37.0 Å². The Morgan fingerprint density at radius 2 is 2.18 bits per heavy atom. The Kier molecular flexibility index (Phi) is 6.01. The number of carbonyl (C=O) groups excluding carboxylic acids is 2. The van der Waals surface area contributed by atoms with Crippen LogP contribution in [-0.2, 0) is 4.79 Å². The Morgan fingerprint density at radius 3 is 2.91 bits per heavy atom. The fraction of sp³-hybridized carbons (Fsp3) is 0.412. The van der Waals surface area contributed by atoms with E-state index in [0.29, 0.717) is 13.0 Å². The Balaban J connectivity index is 1.62. The average molecular weight is 301 g/mol. The standard InChI is InChI=1S/C17H23N3O2/c1-14-6-2-3-7-15(14)9-11-19-17(22)18-10-5-13-20-12-4-8-16(20)21/h2-3,6-7,9,11H,4-5,8,10,12-13H2,1H3,(H2,18,19,22)/b11-9+. The van der Waals surface area contributed by atoms with Gasteiger partial charge >= 0.3 is 6.03 Å². The third-order valence-corrected chi connectivity index (χ3v) is 3.73. The molecule has 1 fully saturated rings. The zero-order chi connectivity index (χ0) is 15.8. The topological polar surface area (TPSA) is 61.4 Å². The number of amides is 3. The smallest absolute Gasteiger partial charge is 0.318 e. The molecule has 0 radical (unpaired) electrons. The first-order chi connectivity index (χ1) is 10.7. The van der Waals surface area contributed by atoms with Gasteiger partial charge in [-0.2, -0.15) is 0 Å². The summed E-state index contributed by atoms with van der Waals surface area (Å²) in [6.07, 6.45) is 5.91. The van der Waals surface area contributed by atoms with Crippen LogP contribution in [0.5, 0.6) is 0 Å². The van der Waals surface area contributed by atoms with Crippen molar-refractivity contribution >= 4 is 18.0 Å². The van der Waals surface area contributed by atoms with Crippen molar-refractivity contribution in [2.24, 2.45) is 0 Å². The molecule has 5 nitrogen and oxygen atoms in total. The Hall–Kier alpha value is -2.30. The van der Waals surface area contributed by atoms with E-state index >= 15 is 0 Å². The molecule has 1 aliphatic heterocycles. The van der Waals surface area contributed by atoms with E-state index in [9.17, 15) is 9.59 Å². The predicted octanol–water partition coefficient (Wildman–Crippen LogP) is 2.28. The van der Waals surface area contributed by atoms with Gasteiger partial charge < -0.3 is 15.5 Å². The molecule has 22 heavy (non-hydrogen) atoms.